The Morgan fingerprint density at radius 3 is 2.53 bits per heavy atom. The zero-order valence-corrected chi connectivity index (χ0v) is 9.83. The number of nitrogens with zero attached hydrogens (tertiary/aromatic N) is 3. The predicted octanol–water partition coefficient (Wildman–Crippen LogP) is 3.24. The average Bonchev–Trinajstić information content (AvgIpc) is 2.76. The van der Waals surface area contributed by atoms with Crippen molar-refractivity contribution >= 4 is 11.6 Å². The van der Waals surface area contributed by atoms with Crippen LogP contribution >= 0.6 is 11.6 Å². The standard InChI is InChI=1S/C11H10ClF2N3/c1-2-10(12)11-6-17(16-15-11)9-4-7(13)3-8(14)5-9/h3-6,10H,2H2,1H3. The van der Waals surface area contributed by atoms with Crippen LogP contribution in [0.5, 0.6) is 0 Å². The first-order chi connectivity index (χ1) is 8.10. The number of hydrogen-bond acceptors (Lipinski definition) is 2. The van der Waals surface area contributed by atoms with Gasteiger partial charge in [-0.25, -0.2) is 13.5 Å². The minimum atomic E-state index is -0.657. The van der Waals surface area contributed by atoms with E-state index in [1.807, 2.05) is 6.92 Å². The van der Waals surface area contributed by atoms with E-state index in [-0.39, 0.29) is 11.1 Å². The van der Waals surface area contributed by atoms with Gasteiger partial charge in [0, 0.05) is 6.07 Å². The first-order valence-electron chi connectivity index (χ1n) is 5.13. The highest BCUT2D eigenvalue weighted by Crippen LogP contribution is 2.22. The van der Waals surface area contributed by atoms with Crippen molar-refractivity contribution in [3.63, 3.8) is 0 Å². The van der Waals surface area contributed by atoms with Crippen LogP contribution in [0.4, 0.5) is 8.78 Å². The summed E-state index contributed by atoms with van der Waals surface area (Å²) >= 11 is 5.99. The molecule has 0 bridgehead atoms. The van der Waals surface area contributed by atoms with E-state index in [4.69, 9.17) is 11.6 Å². The topological polar surface area (TPSA) is 30.7 Å². The number of aromatic nitrogens is 3. The Morgan fingerprint density at radius 1 is 1.29 bits per heavy atom. The minimum Gasteiger partial charge on any atom is -0.220 e. The Morgan fingerprint density at radius 2 is 1.94 bits per heavy atom. The van der Waals surface area contributed by atoms with Crippen LogP contribution < -0.4 is 0 Å². The summed E-state index contributed by atoms with van der Waals surface area (Å²) in [6.45, 7) is 1.92. The van der Waals surface area contributed by atoms with Gasteiger partial charge in [-0.15, -0.1) is 16.7 Å². The van der Waals surface area contributed by atoms with Gasteiger partial charge in [-0.3, -0.25) is 0 Å². The molecule has 0 aliphatic heterocycles. The van der Waals surface area contributed by atoms with Crippen LogP contribution in [0, 0.1) is 11.6 Å². The van der Waals surface area contributed by atoms with E-state index in [2.05, 4.69) is 10.3 Å². The monoisotopic (exact) mass is 257 g/mol. The third-order valence-corrected chi connectivity index (χ3v) is 2.83. The van der Waals surface area contributed by atoms with E-state index in [0.717, 1.165) is 6.07 Å². The van der Waals surface area contributed by atoms with Gasteiger partial charge in [0.1, 0.15) is 17.3 Å². The van der Waals surface area contributed by atoms with Crippen molar-refractivity contribution in [2.45, 2.75) is 18.7 Å². The summed E-state index contributed by atoms with van der Waals surface area (Å²) in [7, 11) is 0. The van der Waals surface area contributed by atoms with E-state index in [0.29, 0.717) is 12.1 Å². The van der Waals surface area contributed by atoms with Crippen molar-refractivity contribution in [2.75, 3.05) is 0 Å². The van der Waals surface area contributed by atoms with Crippen molar-refractivity contribution in [2.24, 2.45) is 0 Å². The van der Waals surface area contributed by atoms with Gasteiger partial charge < -0.3 is 0 Å². The second-order valence-corrected chi connectivity index (χ2v) is 4.12. The molecule has 0 saturated carbocycles. The van der Waals surface area contributed by atoms with Crippen molar-refractivity contribution in [3.05, 3.63) is 41.7 Å². The molecule has 0 amide bonds. The van der Waals surface area contributed by atoms with Crippen molar-refractivity contribution in [1.29, 1.82) is 0 Å². The molecule has 1 unspecified atom stereocenters. The van der Waals surface area contributed by atoms with Crippen molar-refractivity contribution in [1.82, 2.24) is 15.0 Å². The molecule has 0 fully saturated rings. The first-order valence-corrected chi connectivity index (χ1v) is 5.56. The van der Waals surface area contributed by atoms with Gasteiger partial charge >= 0.3 is 0 Å². The van der Waals surface area contributed by atoms with Crippen molar-refractivity contribution < 1.29 is 8.78 Å². The lowest BCUT2D eigenvalue weighted by molar-refractivity contribution is 0.579. The maximum Gasteiger partial charge on any atom is 0.128 e. The van der Waals surface area contributed by atoms with E-state index in [9.17, 15) is 8.78 Å². The number of halogens is 3. The van der Waals surface area contributed by atoms with Crippen LogP contribution in [-0.4, -0.2) is 15.0 Å². The molecule has 0 radical (unpaired) electrons. The highest BCUT2D eigenvalue weighted by atomic mass is 35.5. The molecule has 0 spiro atoms. The number of rotatable bonds is 3. The van der Waals surface area contributed by atoms with Crippen LogP contribution in [0.25, 0.3) is 5.69 Å². The highest BCUT2D eigenvalue weighted by molar-refractivity contribution is 6.20. The van der Waals surface area contributed by atoms with Gasteiger partial charge in [-0.1, -0.05) is 12.1 Å². The first kappa shape index (κ1) is 12.0. The third kappa shape index (κ3) is 2.61. The number of hydrogen-bond donors (Lipinski definition) is 0. The molecule has 0 saturated heterocycles. The second kappa shape index (κ2) is 4.79. The summed E-state index contributed by atoms with van der Waals surface area (Å²) in [6, 6.07) is 3.16. The van der Waals surface area contributed by atoms with E-state index in [1.165, 1.54) is 16.8 Å². The predicted molar refractivity (Wildman–Crippen MR) is 60.2 cm³/mol. The number of benzene rings is 1. The lowest BCUT2D eigenvalue weighted by atomic mass is 10.2. The fourth-order valence-corrected chi connectivity index (χ4v) is 1.53. The number of alkyl halides is 1. The van der Waals surface area contributed by atoms with Gasteiger partial charge in [0.25, 0.3) is 0 Å². The van der Waals surface area contributed by atoms with Gasteiger partial charge in [-0.05, 0) is 18.6 Å². The van der Waals surface area contributed by atoms with Crippen LogP contribution in [0.1, 0.15) is 24.4 Å². The molecule has 1 aromatic heterocycles. The second-order valence-electron chi connectivity index (χ2n) is 3.59. The fraction of sp³-hybridized carbons (Fsp3) is 0.273. The molecule has 1 aromatic carbocycles. The lowest BCUT2D eigenvalue weighted by Gasteiger charge is -2.01. The lowest BCUT2D eigenvalue weighted by Crippen LogP contribution is -1.96. The Kier molecular flexibility index (Phi) is 3.38. The van der Waals surface area contributed by atoms with Crippen LogP contribution in [0.15, 0.2) is 24.4 Å². The Hall–Kier alpha value is -1.49. The maximum atomic E-state index is 13.0. The molecule has 90 valence electrons. The Bertz CT molecular complexity index is 507. The van der Waals surface area contributed by atoms with Crippen LogP contribution in [0.3, 0.4) is 0 Å². The fourth-order valence-electron chi connectivity index (χ4n) is 1.43. The average molecular weight is 258 g/mol. The summed E-state index contributed by atoms with van der Waals surface area (Å²) < 4.78 is 27.3. The molecule has 0 aliphatic carbocycles. The molecule has 2 rings (SSSR count). The molecule has 17 heavy (non-hydrogen) atoms. The van der Waals surface area contributed by atoms with Crippen molar-refractivity contribution in [3.8, 4) is 5.69 Å². The van der Waals surface area contributed by atoms with Gasteiger partial charge in [-0.2, -0.15) is 0 Å². The molecule has 6 heteroatoms. The quantitative estimate of drug-likeness (QED) is 0.791. The molecular weight excluding hydrogens is 248 g/mol. The highest BCUT2D eigenvalue weighted by Gasteiger charge is 2.11. The summed E-state index contributed by atoms with van der Waals surface area (Å²) in [4.78, 5) is 0. The minimum absolute atomic E-state index is 0.248. The molecule has 1 atom stereocenters. The molecule has 3 nitrogen and oxygen atoms in total. The van der Waals surface area contributed by atoms with E-state index >= 15 is 0 Å². The van der Waals surface area contributed by atoms with Gasteiger partial charge in [0.15, 0.2) is 0 Å². The van der Waals surface area contributed by atoms with Crippen LogP contribution in [-0.2, 0) is 0 Å². The summed E-state index contributed by atoms with van der Waals surface area (Å²) in [5.41, 5.74) is 0.861. The zero-order valence-electron chi connectivity index (χ0n) is 9.07. The third-order valence-electron chi connectivity index (χ3n) is 2.30. The van der Waals surface area contributed by atoms with Gasteiger partial charge in [0.05, 0.1) is 17.3 Å². The molecule has 0 aliphatic rings. The maximum absolute atomic E-state index is 13.0. The molecule has 0 N–H and O–H groups in total. The Balaban J connectivity index is 2.36. The van der Waals surface area contributed by atoms with E-state index < -0.39 is 11.6 Å². The molecular formula is C11H10ClF2N3. The normalized spacial score (nSPS) is 12.7. The van der Waals surface area contributed by atoms with Crippen LogP contribution in [0.2, 0.25) is 0 Å². The van der Waals surface area contributed by atoms with E-state index in [1.54, 1.807) is 6.20 Å². The summed E-state index contributed by atoms with van der Waals surface area (Å²) in [5, 5.41) is 7.40. The summed E-state index contributed by atoms with van der Waals surface area (Å²) in [5.74, 6) is -1.31. The largest absolute Gasteiger partial charge is 0.220 e. The Labute approximate surface area is 102 Å². The summed E-state index contributed by atoms with van der Waals surface area (Å²) in [6.07, 6.45) is 2.27. The molecule has 1 heterocycles. The smallest absolute Gasteiger partial charge is 0.128 e. The molecule has 2 aromatic rings. The van der Waals surface area contributed by atoms with Gasteiger partial charge in [0.2, 0.25) is 0 Å². The SMILES string of the molecule is CCC(Cl)c1cn(-c2cc(F)cc(F)c2)nn1. The zero-order chi connectivity index (χ0) is 12.4.